The van der Waals surface area contributed by atoms with Gasteiger partial charge in [0.1, 0.15) is 5.54 Å². The maximum atomic E-state index is 13.9. The average molecular weight is 563 g/mol. The first-order valence-corrected chi connectivity index (χ1v) is 15.3. The predicted molar refractivity (Wildman–Crippen MR) is 141 cm³/mol. The van der Waals surface area contributed by atoms with Gasteiger partial charge in [0.05, 0.1) is 32.9 Å². The lowest BCUT2D eigenvalue weighted by atomic mass is 9.88. The van der Waals surface area contributed by atoms with Crippen molar-refractivity contribution in [3.05, 3.63) is 29.3 Å². The highest BCUT2D eigenvalue weighted by Gasteiger charge is 2.50. The monoisotopic (exact) mass is 562 g/mol. The summed E-state index contributed by atoms with van der Waals surface area (Å²) in [6.45, 7) is 5.58. The van der Waals surface area contributed by atoms with Crippen molar-refractivity contribution >= 4 is 33.3 Å². The van der Waals surface area contributed by atoms with Crippen LogP contribution in [0.2, 0.25) is 5.02 Å². The summed E-state index contributed by atoms with van der Waals surface area (Å²) >= 11 is 6.24. The zero-order valence-corrected chi connectivity index (χ0v) is 23.4. The Kier molecular flexibility index (Phi) is 7.27. The molecule has 4 atom stereocenters. The van der Waals surface area contributed by atoms with E-state index in [4.69, 9.17) is 16.3 Å². The van der Waals surface area contributed by atoms with Crippen molar-refractivity contribution in [2.24, 2.45) is 0 Å². The maximum Gasteiger partial charge on any atom is 0.240 e. The van der Waals surface area contributed by atoms with Crippen LogP contribution in [-0.4, -0.2) is 84.2 Å². The number of likely N-dealkylation sites (tertiary alicyclic amines) is 2. The number of carbonyl (C=O) groups is 2. The molecule has 9 nitrogen and oxygen atoms in total. The molecule has 206 valence electrons. The molecule has 2 amide bonds. The van der Waals surface area contributed by atoms with E-state index in [1.165, 1.54) is 12.1 Å². The molecule has 4 aliphatic rings. The normalized spacial score (nSPS) is 30.2. The number of nitrogens with zero attached hydrogens (tertiary/aromatic N) is 3. The molecule has 1 aliphatic carbocycles. The van der Waals surface area contributed by atoms with Crippen LogP contribution in [0.25, 0.3) is 0 Å². The molecule has 3 heterocycles. The number of nitriles is 1. The number of benzene rings is 1. The summed E-state index contributed by atoms with van der Waals surface area (Å²) < 4.78 is 33.0. The van der Waals surface area contributed by atoms with Gasteiger partial charge in [0.15, 0.2) is 9.84 Å². The quantitative estimate of drug-likeness (QED) is 0.542. The molecule has 1 aromatic carbocycles. The summed E-state index contributed by atoms with van der Waals surface area (Å²) in [7, 11) is -3.84. The number of hydrogen-bond acceptors (Lipinski definition) is 7. The van der Waals surface area contributed by atoms with Crippen molar-refractivity contribution in [1.82, 2.24) is 15.1 Å². The van der Waals surface area contributed by atoms with Crippen molar-refractivity contribution in [2.45, 2.75) is 98.2 Å². The molecule has 2 unspecified atom stereocenters. The minimum Gasteiger partial charge on any atom is -0.375 e. The second-order valence-corrected chi connectivity index (χ2v) is 14.3. The third kappa shape index (κ3) is 5.31. The number of carbonyl (C=O) groups excluding carboxylic acids is 2. The van der Waals surface area contributed by atoms with Crippen molar-refractivity contribution in [1.29, 1.82) is 5.26 Å². The van der Waals surface area contributed by atoms with Gasteiger partial charge >= 0.3 is 0 Å². The Bertz CT molecular complexity index is 1260. The van der Waals surface area contributed by atoms with Gasteiger partial charge in [0.25, 0.3) is 0 Å². The van der Waals surface area contributed by atoms with E-state index in [-0.39, 0.29) is 58.8 Å². The summed E-state index contributed by atoms with van der Waals surface area (Å²) in [5.74, 6) is -0.462. The van der Waals surface area contributed by atoms with E-state index >= 15 is 0 Å². The zero-order chi connectivity index (χ0) is 27.3. The Morgan fingerprint density at radius 2 is 1.97 bits per heavy atom. The Labute approximate surface area is 229 Å². The Hall–Kier alpha value is -2.19. The molecular weight excluding hydrogens is 528 g/mol. The van der Waals surface area contributed by atoms with Gasteiger partial charge in [0, 0.05) is 38.2 Å². The highest BCUT2D eigenvalue weighted by molar-refractivity contribution is 7.92. The predicted octanol–water partition coefficient (Wildman–Crippen LogP) is 2.68. The molecule has 5 rings (SSSR count). The van der Waals surface area contributed by atoms with Gasteiger partial charge in [-0.2, -0.15) is 5.26 Å². The molecule has 0 radical (unpaired) electrons. The van der Waals surface area contributed by atoms with Gasteiger partial charge < -0.3 is 15.0 Å². The minimum atomic E-state index is -3.84. The summed E-state index contributed by atoms with van der Waals surface area (Å²) in [6.07, 6.45) is 3.67. The third-order valence-corrected chi connectivity index (χ3v) is 11.1. The second-order valence-electron chi connectivity index (χ2n) is 11.7. The van der Waals surface area contributed by atoms with E-state index in [1.807, 2.05) is 0 Å². The lowest BCUT2D eigenvalue weighted by Gasteiger charge is -2.50. The number of amides is 2. The number of sulfone groups is 1. The van der Waals surface area contributed by atoms with Gasteiger partial charge in [-0.15, -0.1) is 0 Å². The smallest absolute Gasteiger partial charge is 0.240 e. The number of hydrogen-bond donors (Lipinski definition) is 1. The molecule has 3 aliphatic heterocycles. The van der Waals surface area contributed by atoms with Gasteiger partial charge in [-0.25, -0.2) is 8.42 Å². The summed E-state index contributed by atoms with van der Waals surface area (Å²) in [4.78, 5) is 30.7. The number of halogens is 1. The molecule has 4 fully saturated rings. The molecule has 3 saturated heterocycles. The largest absolute Gasteiger partial charge is 0.375 e. The SMILES string of the molecule is CC1(C)CC(N2CCC2C(=O)N2C[C@H](S(=O)(=O)c3ccccc3Cl)C[C@@H]2CC(=O)NC2(C#N)CC2)CCO1. The summed E-state index contributed by atoms with van der Waals surface area (Å²) in [5.41, 5.74) is -1.08. The van der Waals surface area contributed by atoms with Crippen molar-refractivity contribution < 1.29 is 22.7 Å². The molecule has 1 N–H and O–H groups in total. The molecule has 11 heteroatoms. The van der Waals surface area contributed by atoms with Gasteiger partial charge in [0.2, 0.25) is 11.8 Å². The first-order valence-electron chi connectivity index (χ1n) is 13.4. The van der Waals surface area contributed by atoms with Crippen LogP contribution in [0.1, 0.15) is 58.8 Å². The van der Waals surface area contributed by atoms with E-state index in [2.05, 4.69) is 30.1 Å². The molecule has 0 spiro atoms. The van der Waals surface area contributed by atoms with Gasteiger partial charge in [-0.1, -0.05) is 23.7 Å². The van der Waals surface area contributed by atoms with Crippen LogP contribution in [0, 0.1) is 11.3 Å². The number of ether oxygens (including phenoxy) is 1. The van der Waals surface area contributed by atoms with Gasteiger partial charge in [-0.05, 0) is 64.5 Å². The molecule has 0 bridgehead atoms. The Morgan fingerprint density at radius 3 is 2.58 bits per heavy atom. The van der Waals surface area contributed by atoms with Crippen LogP contribution in [0.3, 0.4) is 0 Å². The Balaban J connectivity index is 1.36. The van der Waals surface area contributed by atoms with E-state index in [1.54, 1.807) is 17.0 Å². The highest BCUT2D eigenvalue weighted by Crippen LogP contribution is 2.38. The second kappa shape index (κ2) is 10.1. The van der Waals surface area contributed by atoms with E-state index < -0.39 is 26.7 Å². The molecular formula is C27H35ClN4O5S. The topological polar surface area (TPSA) is 120 Å². The standard InChI is InChI=1S/C27H35ClN4O5S/c1-26(2)15-18(8-12-37-26)31-11-7-22(31)25(34)32-16-20(38(35,36)23-6-4-3-5-21(23)28)13-19(32)14-24(33)30-27(17-29)9-10-27/h3-6,18-20,22H,7-16H2,1-2H3,(H,30,33)/t18?,19-,20-,22?/m1/s1. The van der Waals surface area contributed by atoms with Crippen LogP contribution in [0.15, 0.2) is 29.2 Å². The minimum absolute atomic E-state index is 0.0113. The van der Waals surface area contributed by atoms with Crippen LogP contribution in [0.4, 0.5) is 0 Å². The summed E-state index contributed by atoms with van der Waals surface area (Å²) in [6, 6.07) is 7.77. The van der Waals surface area contributed by atoms with E-state index in [0.29, 0.717) is 25.9 Å². The van der Waals surface area contributed by atoms with Crippen molar-refractivity contribution in [3.8, 4) is 6.07 Å². The molecule has 38 heavy (non-hydrogen) atoms. The van der Waals surface area contributed by atoms with E-state index in [9.17, 15) is 23.3 Å². The first-order chi connectivity index (χ1) is 17.9. The first kappa shape index (κ1) is 27.4. The number of rotatable bonds is 7. The fraction of sp³-hybridized carbons (Fsp3) is 0.667. The molecule has 1 saturated carbocycles. The molecule has 0 aromatic heterocycles. The number of nitrogens with one attached hydrogen (secondary N) is 1. The molecule has 1 aromatic rings. The van der Waals surface area contributed by atoms with Crippen LogP contribution >= 0.6 is 11.6 Å². The fourth-order valence-electron chi connectivity index (χ4n) is 6.12. The lowest BCUT2D eigenvalue weighted by Crippen LogP contribution is -2.63. The average Bonchev–Trinajstić information content (AvgIpc) is 3.46. The summed E-state index contributed by atoms with van der Waals surface area (Å²) in [5, 5.41) is 11.4. The van der Waals surface area contributed by atoms with E-state index in [0.717, 1.165) is 19.4 Å². The Morgan fingerprint density at radius 1 is 1.24 bits per heavy atom. The van der Waals surface area contributed by atoms with Crippen LogP contribution in [-0.2, 0) is 24.2 Å². The lowest BCUT2D eigenvalue weighted by molar-refractivity contribution is -0.151. The zero-order valence-electron chi connectivity index (χ0n) is 21.9. The van der Waals surface area contributed by atoms with Crippen molar-refractivity contribution in [2.75, 3.05) is 19.7 Å². The van der Waals surface area contributed by atoms with Crippen LogP contribution < -0.4 is 5.32 Å². The fourth-order valence-corrected chi connectivity index (χ4v) is 8.38. The third-order valence-electron chi connectivity index (χ3n) is 8.49. The van der Waals surface area contributed by atoms with Crippen molar-refractivity contribution in [3.63, 3.8) is 0 Å². The van der Waals surface area contributed by atoms with Gasteiger partial charge in [-0.3, -0.25) is 14.5 Å². The van der Waals surface area contributed by atoms with Crippen LogP contribution in [0.5, 0.6) is 0 Å². The highest BCUT2D eigenvalue weighted by atomic mass is 35.5. The maximum absolute atomic E-state index is 13.9.